The Morgan fingerprint density at radius 3 is 2.54 bits per heavy atom. The Hall–Kier alpha value is -4.62. The molecule has 5 rings (SSSR count). The lowest BCUT2D eigenvalue weighted by atomic mass is 10.1. The van der Waals surface area contributed by atoms with Crippen LogP contribution in [-0.4, -0.2) is 63.8 Å². The number of nitro benzene ring substituents is 1. The summed E-state index contributed by atoms with van der Waals surface area (Å²) in [5.41, 5.74) is 3.23. The first-order valence-corrected chi connectivity index (χ1v) is 12.7. The van der Waals surface area contributed by atoms with Crippen LogP contribution in [0.2, 0.25) is 0 Å². The average molecular weight is 548 g/mol. The normalized spacial score (nSPS) is 13.2. The van der Waals surface area contributed by atoms with Crippen molar-refractivity contribution in [2.75, 3.05) is 43.1 Å². The van der Waals surface area contributed by atoms with Crippen LogP contribution in [0, 0.1) is 10.1 Å². The lowest BCUT2D eigenvalue weighted by molar-refractivity contribution is -0.384. The van der Waals surface area contributed by atoms with Crippen molar-refractivity contribution in [2.24, 2.45) is 0 Å². The average Bonchev–Trinajstić information content (AvgIpc) is 3.37. The summed E-state index contributed by atoms with van der Waals surface area (Å²) < 4.78 is 10.9. The summed E-state index contributed by atoms with van der Waals surface area (Å²) in [6.45, 7) is 4.65. The van der Waals surface area contributed by atoms with Gasteiger partial charge in [-0.15, -0.1) is 10.2 Å². The zero-order valence-electron chi connectivity index (χ0n) is 21.0. The van der Waals surface area contributed by atoms with E-state index in [1.807, 2.05) is 36.1 Å². The van der Waals surface area contributed by atoms with E-state index in [0.29, 0.717) is 55.3 Å². The molecule has 1 aromatic heterocycles. The molecule has 3 aromatic carbocycles. The molecule has 1 fully saturated rings. The number of nitrogens with zero attached hydrogens (tertiary/aromatic N) is 5. The number of carbonyl (C=O) groups excluding carboxylic acids is 1. The quantitative estimate of drug-likeness (QED) is 0.200. The Bertz CT molecular complexity index is 1530. The van der Waals surface area contributed by atoms with Crippen LogP contribution in [-0.2, 0) is 4.74 Å². The number of hydrogen-bond acceptors (Lipinski definition) is 9. The first-order chi connectivity index (χ1) is 18.9. The van der Waals surface area contributed by atoms with Crippen LogP contribution in [0.3, 0.4) is 0 Å². The van der Waals surface area contributed by atoms with Gasteiger partial charge in [0.15, 0.2) is 5.11 Å². The van der Waals surface area contributed by atoms with Crippen molar-refractivity contribution in [3.63, 3.8) is 0 Å². The first-order valence-electron chi connectivity index (χ1n) is 12.2. The van der Waals surface area contributed by atoms with E-state index in [1.54, 1.807) is 24.3 Å². The molecular formula is C26H25N7O5S. The van der Waals surface area contributed by atoms with Gasteiger partial charge in [-0.1, -0.05) is 0 Å². The van der Waals surface area contributed by atoms with E-state index < -0.39 is 10.8 Å². The molecule has 1 aliphatic heterocycles. The van der Waals surface area contributed by atoms with Gasteiger partial charge in [0.25, 0.3) is 11.6 Å². The molecule has 0 atom stereocenters. The van der Waals surface area contributed by atoms with Crippen LogP contribution in [0.4, 0.5) is 17.1 Å². The third-order valence-corrected chi connectivity index (χ3v) is 6.24. The van der Waals surface area contributed by atoms with Gasteiger partial charge in [0.05, 0.1) is 41.7 Å². The van der Waals surface area contributed by atoms with Crippen LogP contribution < -0.4 is 20.3 Å². The van der Waals surface area contributed by atoms with Crippen molar-refractivity contribution in [1.29, 1.82) is 0 Å². The molecule has 0 spiro atoms. The fraction of sp³-hybridized carbons (Fsp3) is 0.231. The minimum absolute atomic E-state index is 0.0395. The number of non-ortho nitro benzene ring substituents is 1. The smallest absolute Gasteiger partial charge is 0.270 e. The molecule has 13 heteroatoms. The standard InChI is InChI=1S/C26H25N7O5S/c1-2-38-20-7-4-18(5-8-20)32-29-22-9-3-17(15-23(22)30-32)27-26(39)28-25(34)21-16-19(33(35)36)6-10-24(21)31-11-13-37-14-12-31/h3-10,15-16H,2,11-14H2,1H3,(H2,27,28,34,39). The van der Waals surface area contributed by atoms with Crippen molar-refractivity contribution in [3.8, 4) is 11.4 Å². The second-order valence-electron chi connectivity index (χ2n) is 8.59. The molecule has 0 unspecified atom stereocenters. The summed E-state index contributed by atoms with van der Waals surface area (Å²) in [7, 11) is 0. The van der Waals surface area contributed by atoms with Gasteiger partial charge in [-0.25, -0.2) is 0 Å². The lowest BCUT2D eigenvalue weighted by Gasteiger charge is -2.30. The van der Waals surface area contributed by atoms with Crippen molar-refractivity contribution >= 4 is 51.3 Å². The number of rotatable bonds is 7. The predicted octanol–water partition coefficient (Wildman–Crippen LogP) is 3.69. The number of thiocarbonyl (C=S) groups is 1. The number of nitro groups is 1. The maximum absolute atomic E-state index is 13.2. The Balaban J connectivity index is 1.31. The highest BCUT2D eigenvalue weighted by Gasteiger charge is 2.23. The third kappa shape index (κ3) is 5.94. The van der Waals surface area contributed by atoms with Gasteiger partial charge in [-0.05, 0) is 67.7 Å². The van der Waals surface area contributed by atoms with Gasteiger partial charge in [-0.2, -0.15) is 4.80 Å². The van der Waals surface area contributed by atoms with Crippen molar-refractivity contribution in [3.05, 3.63) is 76.3 Å². The van der Waals surface area contributed by atoms with Gasteiger partial charge in [-0.3, -0.25) is 20.2 Å². The largest absolute Gasteiger partial charge is 0.494 e. The monoisotopic (exact) mass is 547 g/mol. The molecule has 12 nitrogen and oxygen atoms in total. The van der Waals surface area contributed by atoms with Crippen molar-refractivity contribution in [2.45, 2.75) is 6.92 Å². The van der Waals surface area contributed by atoms with E-state index >= 15 is 0 Å². The Morgan fingerprint density at radius 1 is 1.08 bits per heavy atom. The molecular weight excluding hydrogens is 522 g/mol. The minimum atomic E-state index is -0.555. The number of fused-ring (bicyclic) bond motifs is 1. The number of ether oxygens (including phenoxy) is 2. The van der Waals surface area contributed by atoms with Gasteiger partial charge >= 0.3 is 0 Å². The second-order valence-corrected chi connectivity index (χ2v) is 8.99. The summed E-state index contributed by atoms with van der Waals surface area (Å²) in [5.74, 6) is 0.211. The third-order valence-electron chi connectivity index (χ3n) is 6.03. The number of morpholine rings is 1. The number of hydrogen-bond donors (Lipinski definition) is 2. The van der Waals surface area contributed by atoms with E-state index in [9.17, 15) is 14.9 Å². The van der Waals surface area contributed by atoms with E-state index in [2.05, 4.69) is 20.8 Å². The molecule has 1 saturated heterocycles. The van der Waals surface area contributed by atoms with Crippen LogP contribution in [0.15, 0.2) is 60.7 Å². The maximum atomic E-state index is 13.2. The van der Waals surface area contributed by atoms with E-state index in [0.717, 1.165) is 11.4 Å². The molecule has 39 heavy (non-hydrogen) atoms. The summed E-state index contributed by atoms with van der Waals surface area (Å²) in [6, 6.07) is 17.0. The lowest BCUT2D eigenvalue weighted by Crippen LogP contribution is -2.39. The molecule has 0 aliphatic carbocycles. The first kappa shape index (κ1) is 26.0. The molecule has 2 heterocycles. The van der Waals surface area contributed by atoms with Gasteiger partial charge in [0.2, 0.25) is 0 Å². The van der Waals surface area contributed by atoms with Crippen LogP contribution in [0.5, 0.6) is 5.75 Å². The molecule has 0 radical (unpaired) electrons. The summed E-state index contributed by atoms with van der Waals surface area (Å²) >= 11 is 5.37. The number of benzene rings is 3. The fourth-order valence-electron chi connectivity index (χ4n) is 4.18. The highest BCUT2D eigenvalue weighted by molar-refractivity contribution is 7.80. The number of carbonyl (C=O) groups is 1. The number of nitrogens with one attached hydrogen (secondary N) is 2. The molecule has 0 bridgehead atoms. The van der Waals surface area contributed by atoms with Gasteiger partial charge in [0.1, 0.15) is 16.8 Å². The number of aromatic nitrogens is 3. The maximum Gasteiger partial charge on any atom is 0.270 e. The summed E-state index contributed by atoms with van der Waals surface area (Å²) in [4.78, 5) is 27.5. The molecule has 200 valence electrons. The van der Waals surface area contributed by atoms with E-state index in [1.165, 1.54) is 16.9 Å². The number of amides is 1. The summed E-state index contributed by atoms with van der Waals surface area (Å²) in [5, 5.41) is 26.1. The molecule has 1 amide bonds. The molecule has 0 saturated carbocycles. The van der Waals surface area contributed by atoms with Crippen molar-refractivity contribution in [1.82, 2.24) is 20.3 Å². The Labute approximate surface area is 228 Å². The van der Waals surface area contributed by atoms with Crippen LogP contribution >= 0.6 is 12.2 Å². The zero-order valence-corrected chi connectivity index (χ0v) is 21.8. The van der Waals surface area contributed by atoms with E-state index in [-0.39, 0.29) is 16.4 Å². The number of anilines is 2. The Kier molecular flexibility index (Phi) is 7.61. The highest BCUT2D eigenvalue weighted by atomic mass is 32.1. The SMILES string of the molecule is CCOc1ccc(-n2nc3ccc(NC(=S)NC(=O)c4cc([N+](=O)[O-])ccc4N4CCOCC4)cc3n2)cc1. The fourth-order valence-corrected chi connectivity index (χ4v) is 4.39. The van der Waals surface area contributed by atoms with Crippen molar-refractivity contribution < 1.29 is 19.2 Å². The summed E-state index contributed by atoms with van der Waals surface area (Å²) in [6.07, 6.45) is 0. The molecule has 4 aromatic rings. The van der Waals surface area contributed by atoms with Gasteiger partial charge in [0, 0.05) is 30.9 Å². The van der Waals surface area contributed by atoms with Crippen LogP contribution in [0.1, 0.15) is 17.3 Å². The second kappa shape index (κ2) is 11.4. The Morgan fingerprint density at radius 2 is 1.82 bits per heavy atom. The van der Waals surface area contributed by atoms with Gasteiger partial charge < -0.3 is 19.7 Å². The molecule has 1 aliphatic rings. The minimum Gasteiger partial charge on any atom is -0.494 e. The predicted molar refractivity (Wildman–Crippen MR) is 150 cm³/mol. The topological polar surface area (TPSA) is 137 Å². The molecule has 2 N–H and O–H groups in total. The highest BCUT2D eigenvalue weighted by Crippen LogP contribution is 2.27. The van der Waals surface area contributed by atoms with E-state index in [4.69, 9.17) is 21.7 Å². The van der Waals surface area contributed by atoms with Crippen LogP contribution in [0.25, 0.3) is 16.7 Å². The zero-order chi connectivity index (χ0) is 27.4.